The molecule has 0 atom stereocenters. The minimum Gasteiger partial charge on any atom is -0.399 e. The normalized spacial score (nSPS) is 22.7. The molecule has 0 radical (unpaired) electrons. The minimum absolute atomic E-state index is 0.131. The summed E-state index contributed by atoms with van der Waals surface area (Å²) in [6, 6.07) is 5.94. The van der Waals surface area contributed by atoms with Crippen molar-refractivity contribution in [3.8, 4) is 0 Å². The lowest BCUT2D eigenvalue weighted by Gasteiger charge is -2.32. The summed E-state index contributed by atoms with van der Waals surface area (Å²) in [6.07, 6.45) is 2.02. The van der Waals surface area contributed by atoms with Gasteiger partial charge in [-0.05, 0) is 64.6 Å². The van der Waals surface area contributed by atoms with Crippen molar-refractivity contribution in [2.24, 2.45) is 5.92 Å². The van der Waals surface area contributed by atoms with E-state index < -0.39 is 0 Å². The number of rotatable bonds is 3. The molecule has 3 rings (SSSR count). The van der Waals surface area contributed by atoms with Crippen molar-refractivity contribution in [3.05, 3.63) is 23.8 Å². The van der Waals surface area contributed by atoms with Gasteiger partial charge in [0.1, 0.15) is 0 Å². The quantitative estimate of drug-likeness (QED) is 0.873. The first kappa shape index (κ1) is 15.6. The monoisotopic (exact) mass is 301 g/mol. The second-order valence-electron chi connectivity index (χ2n) is 7.43. The van der Waals surface area contributed by atoms with Crippen molar-refractivity contribution in [2.45, 2.75) is 58.7 Å². The summed E-state index contributed by atoms with van der Waals surface area (Å²) < 4.78 is 12.1. The van der Waals surface area contributed by atoms with Crippen LogP contribution in [0.1, 0.15) is 46.1 Å². The number of amides is 1. The molecule has 0 aromatic heterocycles. The van der Waals surface area contributed by atoms with Crippen LogP contribution in [0.3, 0.4) is 0 Å². The van der Waals surface area contributed by atoms with E-state index >= 15 is 0 Å². The lowest BCUT2D eigenvalue weighted by molar-refractivity contribution is -0.117. The van der Waals surface area contributed by atoms with Gasteiger partial charge in [0.2, 0.25) is 5.91 Å². The fraction of sp³-hybridized carbons (Fsp3) is 0.588. The summed E-state index contributed by atoms with van der Waals surface area (Å²) in [6.45, 7) is 10.2. The third kappa shape index (κ3) is 2.80. The number of hydrogen-bond acceptors (Lipinski definition) is 3. The molecule has 4 nitrogen and oxygen atoms in total. The molecule has 0 unspecified atom stereocenters. The van der Waals surface area contributed by atoms with Gasteiger partial charge in [-0.2, -0.15) is 0 Å². The molecule has 1 N–H and O–H groups in total. The molecule has 22 heavy (non-hydrogen) atoms. The van der Waals surface area contributed by atoms with Crippen LogP contribution < -0.4 is 10.8 Å². The molecule has 5 heteroatoms. The van der Waals surface area contributed by atoms with Crippen molar-refractivity contribution in [1.29, 1.82) is 0 Å². The maximum atomic E-state index is 11.9. The molecule has 1 aliphatic heterocycles. The molecule has 1 saturated heterocycles. The minimum atomic E-state index is -0.364. The van der Waals surface area contributed by atoms with Crippen molar-refractivity contribution < 1.29 is 14.1 Å². The molecule has 0 bridgehead atoms. The van der Waals surface area contributed by atoms with Crippen LogP contribution >= 0.6 is 0 Å². The number of aryl methyl sites for hydroxylation is 1. The number of anilines is 1. The molecule has 0 spiro atoms. The number of carbonyl (C=O) groups excluding carboxylic acids is 1. The Balaban J connectivity index is 1.76. The average molecular weight is 301 g/mol. The second-order valence-corrected chi connectivity index (χ2v) is 7.43. The molecule has 2 fully saturated rings. The molecule has 1 aromatic rings. The Kier molecular flexibility index (Phi) is 3.61. The molecular weight excluding hydrogens is 277 g/mol. The zero-order valence-electron chi connectivity index (χ0n) is 14.0. The molecule has 1 saturated carbocycles. The number of carbonyl (C=O) groups is 1. The Morgan fingerprint density at radius 2 is 1.77 bits per heavy atom. The van der Waals surface area contributed by atoms with Crippen LogP contribution in [0.25, 0.3) is 0 Å². The zero-order chi connectivity index (χ0) is 16.1. The van der Waals surface area contributed by atoms with Gasteiger partial charge in [-0.1, -0.05) is 12.1 Å². The first-order valence-electron chi connectivity index (χ1n) is 7.97. The topological polar surface area (TPSA) is 47.6 Å². The predicted octanol–water partition coefficient (Wildman–Crippen LogP) is 2.64. The van der Waals surface area contributed by atoms with E-state index in [-0.39, 0.29) is 30.1 Å². The van der Waals surface area contributed by atoms with E-state index in [0.717, 1.165) is 29.6 Å². The highest BCUT2D eigenvalue weighted by Crippen LogP contribution is 2.36. The maximum Gasteiger partial charge on any atom is 0.494 e. The van der Waals surface area contributed by atoms with Gasteiger partial charge < -0.3 is 14.6 Å². The average Bonchev–Trinajstić information content (AvgIpc) is 3.20. The van der Waals surface area contributed by atoms with Crippen LogP contribution in [0.4, 0.5) is 5.69 Å². The van der Waals surface area contributed by atoms with Gasteiger partial charge >= 0.3 is 7.12 Å². The first-order chi connectivity index (χ1) is 10.2. The molecule has 118 valence electrons. The van der Waals surface area contributed by atoms with E-state index in [1.807, 2.05) is 52.8 Å². The van der Waals surface area contributed by atoms with Crippen molar-refractivity contribution >= 4 is 24.2 Å². The number of nitrogens with one attached hydrogen (secondary N) is 1. The summed E-state index contributed by atoms with van der Waals surface area (Å²) in [5, 5.41) is 3.00. The SMILES string of the molecule is Cc1cc(B2OC(C)(C)C(C)(C)O2)ccc1NC(=O)C1CC1. The smallest absolute Gasteiger partial charge is 0.399 e. The van der Waals surface area contributed by atoms with E-state index in [2.05, 4.69) is 5.32 Å². The van der Waals surface area contributed by atoms with Gasteiger partial charge in [0.25, 0.3) is 0 Å². The highest BCUT2D eigenvalue weighted by atomic mass is 16.7. The molecule has 1 aromatic carbocycles. The van der Waals surface area contributed by atoms with E-state index in [1.54, 1.807) is 0 Å². The van der Waals surface area contributed by atoms with Crippen molar-refractivity contribution in [2.75, 3.05) is 5.32 Å². The summed E-state index contributed by atoms with van der Waals surface area (Å²) in [7, 11) is -0.364. The fourth-order valence-corrected chi connectivity index (χ4v) is 2.53. The molecule has 1 heterocycles. The predicted molar refractivity (Wildman–Crippen MR) is 88.2 cm³/mol. The summed E-state index contributed by atoms with van der Waals surface area (Å²) in [5.74, 6) is 0.341. The standard InChI is InChI=1S/C17H24BNO3/c1-11-10-13(18-21-16(2,3)17(4,5)22-18)8-9-14(11)19-15(20)12-6-7-12/h8-10,12H,6-7H2,1-5H3,(H,19,20). The van der Waals surface area contributed by atoms with Crippen molar-refractivity contribution in [1.82, 2.24) is 0 Å². The summed E-state index contributed by atoms with van der Waals surface area (Å²) >= 11 is 0. The Bertz CT molecular complexity index is 592. The van der Waals surface area contributed by atoms with E-state index in [0.29, 0.717) is 0 Å². The van der Waals surface area contributed by atoms with Crippen LogP contribution in [0.15, 0.2) is 18.2 Å². The second kappa shape index (κ2) is 5.10. The van der Waals surface area contributed by atoms with E-state index in [4.69, 9.17) is 9.31 Å². The lowest BCUT2D eigenvalue weighted by Crippen LogP contribution is -2.41. The highest BCUT2D eigenvalue weighted by Gasteiger charge is 2.51. The first-order valence-corrected chi connectivity index (χ1v) is 7.97. The highest BCUT2D eigenvalue weighted by molar-refractivity contribution is 6.62. The van der Waals surface area contributed by atoms with Gasteiger partial charge in [-0.3, -0.25) is 4.79 Å². The molecular formula is C17H24BNO3. The Morgan fingerprint density at radius 1 is 1.18 bits per heavy atom. The zero-order valence-corrected chi connectivity index (χ0v) is 14.0. The number of benzene rings is 1. The Hall–Kier alpha value is -1.33. The van der Waals surface area contributed by atoms with Crippen LogP contribution in [-0.4, -0.2) is 24.2 Å². The van der Waals surface area contributed by atoms with Crippen molar-refractivity contribution in [3.63, 3.8) is 0 Å². The Labute approximate surface area is 132 Å². The summed E-state index contributed by atoms with van der Waals surface area (Å²) in [4.78, 5) is 11.9. The number of hydrogen-bond donors (Lipinski definition) is 1. The Morgan fingerprint density at radius 3 is 2.27 bits per heavy atom. The summed E-state index contributed by atoms with van der Waals surface area (Å²) in [5.41, 5.74) is 2.20. The molecule has 2 aliphatic rings. The fourth-order valence-electron chi connectivity index (χ4n) is 2.53. The maximum absolute atomic E-state index is 11.9. The third-order valence-electron chi connectivity index (χ3n) is 4.98. The van der Waals surface area contributed by atoms with E-state index in [9.17, 15) is 4.79 Å². The van der Waals surface area contributed by atoms with Crippen LogP contribution in [0.5, 0.6) is 0 Å². The van der Waals surface area contributed by atoms with Gasteiger partial charge in [0.05, 0.1) is 11.2 Å². The molecule has 1 aliphatic carbocycles. The van der Waals surface area contributed by atoms with E-state index in [1.165, 1.54) is 0 Å². The van der Waals surface area contributed by atoms with Gasteiger partial charge in [0.15, 0.2) is 0 Å². The van der Waals surface area contributed by atoms with Gasteiger partial charge in [-0.25, -0.2) is 0 Å². The third-order valence-corrected chi connectivity index (χ3v) is 4.98. The molecule has 1 amide bonds. The van der Waals surface area contributed by atoms with Crippen LogP contribution in [-0.2, 0) is 14.1 Å². The largest absolute Gasteiger partial charge is 0.494 e. The van der Waals surface area contributed by atoms with Crippen LogP contribution in [0.2, 0.25) is 0 Å². The van der Waals surface area contributed by atoms with Gasteiger partial charge in [-0.15, -0.1) is 0 Å². The lowest BCUT2D eigenvalue weighted by atomic mass is 9.78. The van der Waals surface area contributed by atoms with Crippen LogP contribution in [0, 0.1) is 12.8 Å². The van der Waals surface area contributed by atoms with Gasteiger partial charge in [0, 0.05) is 11.6 Å².